The van der Waals surface area contributed by atoms with Gasteiger partial charge in [0.2, 0.25) is 5.91 Å². The van der Waals surface area contributed by atoms with Crippen molar-refractivity contribution < 1.29 is 19.5 Å². The minimum atomic E-state index is -1.21. The van der Waals surface area contributed by atoms with Crippen LogP contribution in [0.3, 0.4) is 0 Å². The van der Waals surface area contributed by atoms with E-state index >= 15 is 0 Å². The third kappa shape index (κ3) is 8.92. The normalized spacial score (nSPS) is 13.3. The molecule has 0 fully saturated rings. The molecule has 0 heterocycles. The fourth-order valence-electron chi connectivity index (χ4n) is 5.55. The van der Waals surface area contributed by atoms with Crippen LogP contribution < -0.4 is 11.1 Å². The van der Waals surface area contributed by atoms with Gasteiger partial charge in [-0.1, -0.05) is 117 Å². The van der Waals surface area contributed by atoms with E-state index in [1.165, 1.54) is 0 Å². The standard InChI is InChI=1S/C36H41N3O4/c1-25(2)23-39(24-31(34(37)40)18-17-26-11-5-3-6-12-26)36(43)38-33(35(41)42)32(21-27-13-7-4-8-14-27)30-20-19-28-15-9-10-16-29(28)22-30/h3-16,19-20,22,25,31-33H,17-18,21,23-24H2,1-2H3,(H2,37,40)(H,38,43)(H,41,42)/t31-,32?,33-/m0/s1. The highest BCUT2D eigenvalue weighted by atomic mass is 16.4. The second kappa shape index (κ2) is 15.0. The molecular weight excluding hydrogens is 538 g/mol. The molecule has 7 nitrogen and oxygen atoms in total. The number of nitrogens with one attached hydrogen (secondary N) is 1. The molecule has 4 rings (SSSR count). The van der Waals surface area contributed by atoms with Crippen LogP contribution in [0.2, 0.25) is 0 Å². The molecule has 0 aromatic heterocycles. The van der Waals surface area contributed by atoms with Gasteiger partial charge in [-0.3, -0.25) is 4.79 Å². The molecule has 7 heteroatoms. The quantitative estimate of drug-likeness (QED) is 0.170. The number of carbonyl (C=O) groups excluding carboxylic acids is 2. The van der Waals surface area contributed by atoms with Gasteiger partial charge in [-0.05, 0) is 52.6 Å². The second-order valence-corrected chi connectivity index (χ2v) is 11.6. The summed E-state index contributed by atoms with van der Waals surface area (Å²) in [6.45, 7) is 4.42. The number of urea groups is 1. The zero-order chi connectivity index (χ0) is 30.8. The number of hydrogen-bond donors (Lipinski definition) is 3. The highest BCUT2D eigenvalue weighted by Gasteiger charge is 2.34. The van der Waals surface area contributed by atoms with Gasteiger partial charge in [-0.15, -0.1) is 0 Å². The lowest BCUT2D eigenvalue weighted by molar-refractivity contribution is -0.140. The highest BCUT2D eigenvalue weighted by Crippen LogP contribution is 2.29. The SMILES string of the molecule is CC(C)CN(C[C@H](CCc1ccccc1)C(N)=O)C(=O)N[C@H](C(=O)O)C(Cc1ccccc1)c1ccc2ccccc2c1. The molecule has 1 unspecified atom stereocenters. The predicted octanol–water partition coefficient (Wildman–Crippen LogP) is 6.02. The van der Waals surface area contributed by atoms with Crippen LogP contribution in [-0.2, 0) is 22.4 Å². The smallest absolute Gasteiger partial charge is 0.326 e. The highest BCUT2D eigenvalue weighted by molar-refractivity contribution is 5.86. The molecule has 0 saturated heterocycles. The number of aryl methyl sites for hydroxylation is 1. The summed E-state index contributed by atoms with van der Waals surface area (Å²) in [7, 11) is 0. The summed E-state index contributed by atoms with van der Waals surface area (Å²) >= 11 is 0. The van der Waals surface area contributed by atoms with Gasteiger partial charge in [0.25, 0.3) is 0 Å². The minimum Gasteiger partial charge on any atom is -0.480 e. The molecule has 4 aromatic rings. The van der Waals surface area contributed by atoms with E-state index in [9.17, 15) is 19.5 Å². The number of nitrogens with zero attached hydrogens (tertiary/aromatic N) is 1. The van der Waals surface area contributed by atoms with Crippen LogP contribution in [-0.4, -0.2) is 47.0 Å². The maximum absolute atomic E-state index is 13.8. The van der Waals surface area contributed by atoms with Crippen LogP contribution in [0.15, 0.2) is 103 Å². The van der Waals surface area contributed by atoms with Crippen molar-refractivity contribution in [1.29, 1.82) is 0 Å². The van der Waals surface area contributed by atoms with Gasteiger partial charge >= 0.3 is 12.0 Å². The number of fused-ring (bicyclic) bond motifs is 1. The molecule has 0 saturated carbocycles. The Morgan fingerprint density at radius 3 is 2.00 bits per heavy atom. The van der Waals surface area contributed by atoms with Crippen molar-refractivity contribution >= 4 is 28.7 Å². The van der Waals surface area contributed by atoms with Gasteiger partial charge < -0.3 is 21.1 Å². The maximum Gasteiger partial charge on any atom is 0.326 e. The lowest BCUT2D eigenvalue weighted by Crippen LogP contribution is -2.53. The summed E-state index contributed by atoms with van der Waals surface area (Å²) in [6, 6.07) is 31.6. The van der Waals surface area contributed by atoms with Gasteiger partial charge in [-0.2, -0.15) is 0 Å². The number of carbonyl (C=O) groups is 3. The average Bonchev–Trinajstić information content (AvgIpc) is 3.00. The number of aliphatic carboxylic acids is 1. The molecule has 0 spiro atoms. The minimum absolute atomic E-state index is 0.0947. The zero-order valence-corrected chi connectivity index (χ0v) is 24.9. The number of nitrogens with two attached hydrogens (primary N) is 1. The Morgan fingerprint density at radius 1 is 0.791 bits per heavy atom. The van der Waals surface area contributed by atoms with E-state index in [0.29, 0.717) is 25.8 Å². The number of hydrogen-bond acceptors (Lipinski definition) is 3. The van der Waals surface area contributed by atoms with Crippen molar-refractivity contribution in [1.82, 2.24) is 10.2 Å². The zero-order valence-electron chi connectivity index (χ0n) is 24.9. The summed E-state index contributed by atoms with van der Waals surface area (Å²) in [5.74, 6) is -2.63. The molecule has 0 bridgehead atoms. The number of amides is 3. The first-order valence-corrected chi connectivity index (χ1v) is 14.9. The van der Waals surface area contributed by atoms with E-state index in [-0.39, 0.29) is 12.5 Å². The van der Waals surface area contributed by atoms with Crippen LogP contribution in [0.25, 0.3) is 10.8 Å². The Bertz CT molecular complexity index is 1510. The Kier molecular flexibility index (Phi) is 10.9. The Balaban J connectivity index is 1.61. The van der Waals surface area contributed by atoms with Crippen molar-refractivity contribution in [3.8, 4) is 0 Å². The van der Waals surface area contributed by atoms with Crippen LogP contribution >= 0.6 is 0 Å². The van der Waals surface area contributed by atoms with Gasteiger partial charge in [-0.25, -0.2) is 9.59 Å². The first-order valence-electron chi connectivity index (χ1n) is 14.9. The Hall–Kier alpha value is -4.65. The fraction of sp³-hybridized carbons (Fsp3) is 0.306. The number of carboxylic acids is 1. The van der Waals surface area contributed by atoms with Gasteiger partial charge in [0.05, 0.1) is 5.92 Å². The molecule has 3 amide bonds. The molecule has 0 radical (unpaired) electrons. The molecule has 43 heavy (non-hydrogen) atoms. The summed E-state index contributed by atoms with van der Waals surface area (Å²) in [5, 5.41) is 15.4. The molecule has 224 valence electrons. The largest absolute Gasteiger partial charge is 0.480 e. The Morgan fingerprint density at radius 2 is 1.40 bits per heavy atom. The maximum atomic E-state index is 13.8. The monoisotopic (exact) mass is 579 g/mol. The average molecular weight is 580 g/mol. The summed E-state index contributed by atoms with van der Waals surface area (Å²) in [5.41, 5.74) is 8.67. The van der Waals surface area contributed by atoms with E-state index in [4.69, 9.17) is 5.73 Å². The predicted molar refractivity (Wildman–Crippen MR) is 171 cm³/mol. The van der Waals surface area contributed by atoms with Crippen LogP contribution in [0, 0.1) is 11.8 Å². The van der Waals surface area contributed by atoms with Crippen LogP contribution in [0.4, 0.5) is 4.79 Å². The van der Waals surface area contributed by atoms with E-state index in [0.717, 1.165) is 27.5 Å². The van der Waals surface area contributed by atoms with Crippen LogP contribution in [0.1, 0.15) is 42.9 Å². The first kappa shape index (κ1) is 31.3. The van der Waals surface area contributed by atoms with Gasteiger partial charge in [0.1, 0.15) is 6.04 Å². The topological polar surface area (TPSA) is 113 Å². The summed E-state index contributed by atoms with van der Waals surface area (Å²) in [6.07, 6.45) is 1.54. The van der Waals surface area contributed by atoms with Crippen molar-refractivity contribution in [2.24, 2.45) is 17.6 Å². The third-order valence-electron chi connectivity index (χ3n) is 7.79. The van der Waals surface area contributed by atoms with Crippen molar-refractivity contribution in [2.45, 2.75) is 45.1 Å². The lowest BCUT2D eigenvalue weighted by atomic mass is 9.85. The number of benzene rings is 4. The third-order valence-corrected chi connectivity index (χ3v) is 7.79. The summed E-state index contributed by atoms with van der Waals surface area (Å²) in [4.78, 5) is 40.7. The van der Waals surface area contributed by atoms with Gasteiger partial charge in [0.15, 0.2) is 0 Å². The first-order chi connectivity index (χ1) is 20.7. The van der Waals surface area contributed by atoms with Crippen molar-refractivity contribution in [3.63, 3.8) is 0 Å². The van der Waals surface area contributed by atoms with E-state index < -0.39 is 35.8 Å². The molecule has 4 aromatic carbocycles. The number of rotatable bonds is 14. The van der Waals surface area contributed by atoms with Crippen molar-refractivity contribution in [2.75, 3.05) is 13.1 Å². The van der Waals surface area contributed by atoms with E-state index in [1.807, 2.05) is 117 Å². The van der Waals surface area contributed by atoms with Crippen molar-refractivity contribution in [3.05, 3.63) is 120 Å². The van der Waals surface area contributed by atoms with Crippen LogP contribution in [0.5, 0.6) is 0 Å². The molecule has 4 N–H and O–H groups in total. The number of carboxylic acid groups (broad SMARTS) is 1. The molecule has 0 aliphatic heterocycles. The second-order valence-electron chi connectivity index (χ2n) is 11.6. The number of primary amides is 1. The molecule has 0 aliphatic carbocycles. The van der Waals surface area contributed by atoms with E-state index in [1.54, 1.807) is 4.90 Å². The Labute approximate surface area is 253 Å². The summed E-state index contributed by atoms with van der Waals surface area (Å²) < 4.78 is 0. The lowest BCUT2D eigenvalue weighted by Gasteiger charge is -2.32. The molecular formula is C36H41N3O4. The van der Waals surface area contributed by atoms with Gasteiger partial charge in [0, 0.05) is 19.0 Å². The fourth-order valence-corrected chi connectivity index (χ4v) is 5.55. The molecule has 3 atom stereocenters. The molecule has 0 aliphatic rings. The van der Waals surface area contributed by atoms with E-state index in [2.05, 4.69) is 5.32 Å².